The molecule has 2 N–H and O–H groups in total. The van der Waals surface area contributed by atoms with Crippen LogP contribution in [-0.2, 0) is 21.4 Å². The van der Waals surface area contributed by atoms with Crippen molar-refractivity contribution in [1.29, 1.82) is 5.41 Å². The minimum Gasteiger partial charge on any atom is -0.493 e. The Labute approximate surface area is 227 Å². The molecular formula is C27H39N5O7. The largest absolute Gasteiger partial charge is 0.493 e. The number of nitrogens with one attached hydrogen (secondary N) is 1. The second-order valence-corrected chi connectivity index (χ2v) is 10.4. The molecule has 0 aliphatic carbocycles. The third-order valence-corrected chi connectivity index (χ3v) is 6.15. The summed E-state index contributed by atoms with van der Waals surface area (Å²) in [5.41, 5.74) is 1.88. The standard InChI is InChI=1S/C27H39N5O7/c1-17-12-22(39-27(5,37-8)16-35-6)29-32-24(17)30-31(25(32)28)15-20(34)18-13-19(26(2,3)4)23(36-7)21(14-18)38-11-9-10-33/h12-14,28,33H,9-11,15-16H2,1-8H3. The summed E-state index contributed by atoms with van der Waals surface area (Å²) in [6.45, 7) is 9.82. The van der Waals surface area contributed by atoms with Gasteiger partial charge >= 0.3 is 0 Å². The molecule has 3 aromatic rings. The molecule has 0 amide bonds. The van der Waals surface area contributed by atoms with Crippen LogP contribution in [0.15, 0.2) is 18.2 Å². The Kier molecular flexibility index (Phi) is 9.36. The van der Waals surface area contributed by atoms with Crippen LogP contribution in [0.1, 0.15) is 55.6 Å². The highest BCUT2D eigenvalue weighted by Crippen LogP contribution is 2.40. The molecule has 3 rings (SSSR count). The van der Waals surface area contributed by atoms with E-state index in [1.54, 1.807) is 32.2 Å². The van der Waals surface area contributed by atoms with Crippen LogP contribution in [-0.4, -0.2) is 77.2 Å². The Morgan fingerprint density at radius 1 is 1.10 bits per heavy atom. The quantitative estimate of drug-likeness (QED) is 0.188. The number of carbonyl (C=O) groups is 1. The first-order chi connectivity index (χ1) is 18.4. The molecule has 0 saturated heterocycles. The molecule has 2 aromatic heterocycles. The molecule has 1 atom stereocenters. The first-order valence-corrected chi connectivity index (χ1v) is 12.6. The van der Waals surface area contributed by atoms with Gasteiger partial charge in [-0.3, -0.25) is 10.2 Å². The third-order valence-electron chi connectivity index (χ3n) is 6.15. The van der Waals surface area contributed by atoms with Crippen LogP contribution in [0.25, 0.3) is 5.65 Å². The number of aliphatic hydroxyl groups excluding tert-OH is 1. The van der Waals surface area contributed by atoms with Gasteiger partial charge in [-0.2, -0.15) is 4.52 Å². The fourth-order valence-electron chi connectivity index (χ4n) is 4.02. The lowest BCUT2D eigenvalue weighted by molar-refractivity contribution is -0.182. The van der Waals surface area contributed by atoms with Crippen molar-refractivity contribution in [2.24, 2.45) is 0 Å². The lowest BCUT2D eigenvalue weighted by atomic mass is 9.84. The van der Waals surface area contributed by atoms with E-state index in [9.17, 15) is 4.79 Å². The highest BCUT2D eigenvalue weighted by atomic mass is 16.7. The number of ether oxygens (including phenoxy) is 5. The lowest BCUT2D eigenvalue weighted by Gasteiger charge is -2.27. The zero-order chi connectivity index (χ0) is 29.0. The van der Waals surface area contributed by atoms with Gasteiger partial charge in [0.2, 0.25) is 17.3 Å². The van der Waals surface area contributed by atoms with Gasteiger partial charge in [-0.15, -0.1) is 10.2 Å². The van der Waals surface area contributed by atoms with E-state index in [4.69, 9.17) is 34.2 Å². The fraction of sp³-hybridized carbons (Fsp3) is 0.556. The van der Waals surface area contributed by atoms with Crippen LogP contribution in [0, 0.1) is 12.3 Å². The number of rotatable bonds is 13. The Morgan fingerprint density at radius 3 is 2.41 bits per heavy atom. The third kappa shape index (κ3) is 6.75. The number of fused-ring (bicyclic) bond motifs is 1. The van der Waals surface area contributed by atoms with Crippen molar-refractivity contribution in [2.45, 2.75) is 58.8 Å². The number of aromatic nitrogens is 4. The minimum atomic E-state index is -1.08. The summed E-state index contributed by atoms with van der Waals surface area (Å²) >= 11 is 0. The highest BCUT2D eigenvalue weighted by Gasteiger charge is 2.28. The number of Topliss-reactive ketones (excluding diaryl/α,β-unsaturated/α-hetero) is 1. The maximum Gasteiger partial charge on any atom is 0.242 e. The van der Waals surface area contributed by atoms with Crippen LogP contribution in [0.3, 0.4) is 0 Å². The van der Waals surface area contributed by atoms with Crippen LogP contribution in [0.5, 0.6) is 17.4 Å². The van der Waals surface area contributed by atoms with Gasteiger partial charge in [0.25, 0.3) is 0 Å². The maximum atomic E-state index is 13.5. The normalized spacial score (nSPS) is 13.4. The smallest absolute Gasteiger partial charge is 0.242 e. The molecule has 0 radical (unpaired) electrons. The SMILES string of the molecule is COCC(C)(OC)Oc1cc(C)c2nn(CC(=O)c3cc(OCCCO)c(OC)c(C(C)(C)C)c3)c(=N)n2n1. The highest BCUT2D eigenvalue weighted by molar-refractivity contribution is 5.97. The van der Waals surface area contributed by atoms with Gasteiger partial charge in [0, 0.05) is 56.9 Å². The number of methoxy groups -OCH3 is 3. The summed E-state index contributed by atoms with van der Waals surface area (Å²) in [6, 6.07) is 5.11. The molecule has 2 heterocycles. The molecule has 0 spiro atoms. The first kappa shape index (κ1) is 30.1. The topological polar surface area (TPSA) is 142 Å². The van der Waals surface area contributed by atoms with Crippen molar-refractivity contribution in [3.05, 3.63) is 40.5 Å². The van der Waals surface area contributed by atoms with Gasteiger partial charge in [-0.1, -0.05) is 20.8 Å². The Hall–Kier alpha value is -3.48. The van der Waals surface area contributed by atoms with E-state index >= 15 is 0 Å². The first-order valence-electron chi connectivity index (χ1n) is 12.6. The van der Waals surface area contributed by atoms with Crippen molar-refractivity contribution in [3.8, 4) is 17.4 Å². The molecule has 1 unspecified atom stereocenters. The number of ketones is 1. The molecular weight excluding hydrogens is 506 g/mol. The monoisotopic (exact) mass is 545 g/mol. The molecule has 0 aliphatic heterocycles. The summed E-state index contributed by atoms with van der Waals surface area (Å²) in [5, 5.41) is 26.7. The molecule has 0 bridgehead atoms. The number of benzene rings is 1. The summed E-state index contributed by atoms with van der Waals surface area (Å²) in [6.07, 6.45) is 0.443. The number of aryl methyl sites for hydroxylation is 1. The van der Waals surface area contributed by atoms with Crippen molar-refractivity contribution >= 4 is 11.4 Å². The fourth-order valence-corrected chi connectivity index (χ4v) is 4.02. The molecule has 1 aromatic carbocycles. The van der Waals surface area contributed by atoms with Crippen molar-refractivity contribution < 1.29 is 33.6 Å². The molecule has 39 heavy (non-hydrogen) atoms. The molecule has 0 aliphatic rings. The minimum absolute atomic E-state index is 0.0127. The number of carbonyl (C=O) groups excluding carboxylic acids is 1. The van der Waals surface area contributed by atoms with E-state index < -0.39 is 5.79 Å². The number of hydrogen-bond acceptors (Lipinski definition) is 10. The molecule has 0 fully saturated rings. The van der Waals surface area contributed by atoms with E-state index in [0.717, 1.165) is 5.56 Å². The van der Waals surface area contributed by atoms with Crippen LogP contribution >= 0.6 is 0 Å². The van der Waals surface area contributed by atoms with Gasteiger partial charge in [-0.05, 0) is 24.5 Å². The number of nitrogens with zero attached hydrogens (tertiary/aromatic N) is 4. The second-order valence-electron chi connectivity index (χ2n) is 10.4. The van der Waals surface area contributed by atoms with Gasteiger partial charge in [0.1, 0.15) is 13.2 Å². The maximum absolute atomic E-state index is 13.5. The van der Waals surface area contributed by atoms with Crippen molar-refractivity contribution in [1.82, 2.24) is 19.4 Å². The molecule has 0 saturated carbocycles. The van der Waals surface area contributed by atoms with Gasteiger partial charge in [0.05, 0.1) is 13.7 Å². The van der Waals surface area contributed by atoms with Gasteiger partial charge in [0.15, 0.2) is 22.9 Å². The predicted octanol–water partition coefficient (Wildman–Crippen LogP) is 2.66. The van der Waals surface area contributed by atoms with Crippen LogP contribution in [0.4, 0.5) is 0 Å². The zero-order valence-electron chi connectivity index (χ0n) is 24.0. The lowest BCUT2D eigenvalue weighted by Crippen LogP contribution is -2.40. The Morgan fingerprint density at radius 2 is 1.82 bits per heavy atom. The van der Waals surface area contributed by atoms with Gasteiger partial charge in [-0.25, -0.2) is 4.68 Å². The molecule has 12 nitrogen and oxygen atoms in total. The summed E-state index contributed by atoms with van der Waals surface area (Å²) < 4.78 is 30.6. The second kappa shape index (κ2) is 12.1. The molecule has 214 valence electrons. The molecule has 12 heteroatoms. The zero-order valence-corrected chi connectivity index (χ0v) is 24.0. The Bertz CT molecular complexity index is 1380. The van der Waals surface area contributed by atoms with E-state index in [-0.39, 0.29) is 49.1 Å². The Balaban J connectivity index is 1.99. The number of hydrogen-bond donors (Lipinski definition) is 2. The average Bonchev–Trinajstić information content (AvgIpc) is 3.18. The van der Waals surface area contributed by atoms with E-state index in [1.807, 2.05) is 27.7 Å². The van der Waals surface area contributed by atoms with Crippen LogP contribution in [0.2, 0.25) is 0 Å². The van der Waals surface area contributed by atoms with E-state index in [1.165, 1.54) is 23.4 Å². The van der Waals surface area contributed by atoms with E-state index in [0.29, 0.717) is 34.7 Å². The van der Waals surface area contributed by atoms with Crippen molar-refractivity contribution in [3.63, 3.8) is 0 Å². The summed E-state index contributed by atoms with van der Waals surface area (Å²) in [7, 11) is 4.60. The van der Waals surface area contributed by atoms with Crippen LogP contribution < -0.4 is 19.8 Å². The predicted molar refractivity (Wildman–Crippen MR) is 143 cm³/mol. The van der Waals surface area contributed by atoms with Crippen molar-refractivity contribution in [2.75, 3.05) is 41.2 Å². The summed E-state index contributed by atoms with van der Waals surface area (Å²) in [5.74, 6) is -0.155. The van der Waals surface area contributed by atoms with E-state index in [2.05, 4.69) is 10.2 Å². The number of aliphatic hydroxyl groups is 1. The summed E-state index contributed by atoms with van der Waals surface area (Å²) in [4.78, 5) is 13.5. The average molecular weight is 546 g/mol. The van der Waals surface area contributed by atoms with Gasteiger partial charge < -0.3 is 28.8 Å².